The Balaban J connectivity index is 2.03. The number of ether oxygens (including phenoxy) is 1. The van der Waals surface area contributed by atoms with Crippen LogP contribution >= 0.6 is 0 Å². The van der Waals surface area contributed by atoms with E-state index in [0.29, 0.717) is 0 Å². The number of benzene rings is 3. The minimum atomic E-state index is -4.03. The van der Waals surface area contributed by atoms with Gasteiger partial charge in [-0.1, -0.05) is 36.4 Å². The predicted octanol–water partition coefficient (Wildman–Crippen LogP) is 3.46. The van der Waals surface area contributed by atoms with Gasteiger partial charge in [-0.2, -0.15) is 0 Å². The first-order chi connectivity index (χ1) is 11.9. The molecule has 4 rings (SSSR count). The van der Waals surface area contributed by atoms with Gasteiger partial charge < -0.3 is 4.74 Å². The van der Waals surface area contributed by atoms with Crippen molar-refractivity contribution in [2.24, 2.45) is 0 Å². The Morgan fingerprint density at radius 1 is 0.720 bits per heavy atom. The van der Waals surface area contributed by atoms with E-state index in [9.17, 15) is 16.8 Å². The van der Waals surface area contributed by atoms with E-state index in [4.69, 9.17) is 4.74 Å². The number of hydrogen-bond donors (Lipinski definition) is 0. The van der Waals surface area contributed by atoms with E-state index in [-0.39, 0.29) is 31.1 Å². The molecular weight excluding hydrogens is 360 g/mol. The van der Waals surface area contributed by atoms with E-state index in [2.05, 4.69) is 0 Å². The molecule has 1 heterocycles. The molecule has 0 spiro atoms. The van der Waals surface area contributed by atoms with E-state index in [0.717, 1.165) is 0 Å². The van der Waals surface area contributed by atoms with E-state index in [1.807, 2.05) is 0 Å². The summed E-state index contributed by atoms with van der Waals surface area (Å²) in [6, 6.07) is 18.1. The second-order valence-electron chi connectivity index (χ2n) is 5.45. The van der Waals surface area contributed by atoms with Gasteiger partial charge in [0.1, 0.15) is 21.3 Å². The number of rotatable bonds is 2. The second-order valence-corrected chi connectivity index (χ2v) is 9.23. The van der Waals surface area contributed by atoms with Gasteiger partial charge in [-0.25, -0.2) is 16.8 Å². The first kappa shape index (κ1) is 15.9. The van der Waals surface area contributed by atoms with Gasteiger partial charge in [0, 0.05) is 0 Å². The molecule has 1 aliphatic rings. The summed E-state index contributed by atoms with van der Waals surface area (Å²) < 4.78 is 57.7. The highest BCUT2D eigenvalue weighted by atomic mass is 32.2. The van der Waals surface area contributed by atoms with Crippen LogP contribution < -0.4 is 4.74 Å². The van der Waals surface area contributed by atoms with Crippen molar-refractivity contribution >= 4 is 19.7 Å². The van der Waals surface area contributed by atoms with Crippen molar-refractivity contribution in [3.05, 3.63) is 72.8 Å². The zero-order chi connectivity index (χ0) is 17.7. The van der Waals surface area contributed by atoms with Gasteiger partial charge in [0.05, 0.1) is 9.79 Å². The summed E-state index contributed by atoms with van der Waals surface area (Å²) in [5.74, 6) is 0.194. The van der Waals surface area contributed by atoms with Crippen molar-refractivity contribution < 1.29 is 21.6 Å². The monoisotopic (exact) mass is 372 g/mol. The molecule has 25 heavy (non-hydrogen) atoms. The first-order valence-electron chi connectivity index (χ1n) is 7.37. The van der Waals surface area contributed by atoms with Crippen LogP contribution in [0, 0.1) is 0 Å². The largest absolute Gasteiger partial charge is 0.455 e. The summed E-state index contributed by atoms with van der Waals surface area (Å²) in [5, 5.41) is 0. The number of fused-ring (bicyclic) bond motifs is 2. The molecule has 1 aliphatic heterocycles. The molecule has 0 bridgehead atoms. The molecule has 0 aliphatic carbocycles. The summed E-state index contributed by atoms with van der Waals surface area (Å²) in [7, 11) is -8.04. The summed E-state index contributed by atoms with van der Waals surface area (Å²) in [6.45, 7) is 0. The van der Waals surface area contributed by atoms with Crippen LogP contribution in [0.5, 0.6) is 11.5 Å². The van der Waals surface area contributed by atoms with Gasteiger partial charge >= 0.3 is 0 Å². The van der Waals surface area contributed by atoms with Crippen molar-refractivity contribution in [3.63, 3.8) is 0 Å². The zero-order valence-corrected chi connectivity index (χ0v) is 14.4. The fraction of sp³-hybridized carbons (Fsp3) is 0. The molecule has 7 heteroatoms. The highest BCUT2D eigenvalue weighted by Crippen LogP contribution is 2.45. The maximum absolute atomic E-state index is 13.0. The number of hydrogen-bond acceptors (Lipinski definition) is 5. The smallest absolute Gasteiger partial charge is 0.215 e. The first-order valence-corrected chi connectivity index (χ1v) is 10.3. The van der Waals surface area contributed by atoms with Crippen molar-refractivity contribution in [1.82, 2.24) is 0 Å². The fourth-order valence-electron chi connectivity index (χ4n) is 2.76. The topological polar surface area (TPSA) is 77.5 Å². The van der Waals surface area contributed by atoms with Crippen molar-refractivity contribution in [2.45, 2.75) is 19.6 Å². The highest BCUT2D eigenvalue weighted by molar-refractivity contribution is 7.94. The van der Waals surface area contributed by atoms with E-state index < -0.39 is 19.7 Å². The van der Waals surface area contributed by atoms with Gasteiger partial charge in [-0.05, 0) is 36.4 Å². The molecule has 0 fully saturated rings. The lowest BCUT2D eigenvalue weighted by atomic mass is 10.3. The van der Waals surface area contributed by atoms with Crippen LogP contribution in [0.25, 0.3) is 0 Å². The molecule has 0 saturated carbocycles. The van der Waals surface area contributed by atoms with Crippen molar-refractivity contribution in [2.75, 3.05) is 0 Å². The molecule has 0 saturated heterocycles. The molecule has 5 nitrogen and oxygen atoms in total. The second kappa shape index (κ2) is 5.44. The summed E-state index contributed by atoms with van der Waals surface area (Å²) in [6.07, 6.45) is 0. The molecule has 0 radical (unpaired) electrons. The minimum absolute atomic E-state index is 0.00991. The van der Waals surface area contributed by atoms with E-state index in [1.165, 1.54) is 42.5 Å². The van der Waals surface area contributed by atoms with Crippen LogP contribution in [0.4, 0.5) is 0 Å². The maximum atomic E-state index is 13.0. The highest BCUT2D eigenvalue weighted by Gasteiger charge is 2.37. The molecule has 0 N–H and O–H groups in total. The molecule has 126 valence electrons. The lowest BCUT2D eigenvalue weighted by Crippen LogP contribution is -2.16. The molecule has 0 aromatic heterocycles. The predicted molar refractivity (Wildman–Crippen MR) is 90.3 cm³/mol. The van der Waals surface area contributed by atoms with Crippen LogP contribution in [-0.4, -0.2) is 16.8 Å². The third kappa shape index (κ3) is 2.35. The molecule has 3 aromatic rings. The average molecular weight is 372 g/mol. The Morgan fingerprint density at radius 2 is 1.36 bits per heavy atom. The summed E-state index contributed by atoms with van der Waals surface area (Å²) >= 11 is 0. The van der Waals surface area contributed by atoms with Gasteiger partial charge in [-0.3, -0.25) is 0 Å². The van der Waals surface area contributed by atoms with Crippen LogP contribution in [0.1, 0.15) is 0 Å². The van der Waals surface area contributed by atoms with Gasteiger partial charge in [0.2, 0.25) is 19.7 Å². The minimum Gasteiger partial charge on any atom is -0.455 e. The standard InChI is InChI=1S/C18H12O5S2/c19-24(20,13-7-2-1-3-8-13)17-12-6-10-15-18(17)25(21,22)16-11-5-4-9-14(16)23-15/h1-12H. The van der Waals surface area contributed by atoms with Gasteiger partial charge in [0.25, 0.3) is 0 Å². The Labute approximate surface area is 145 Å². The Morgan fingerprint density at radius 3 is 2.12 bits per heavy atom. The molecular formula is C18H12O5S2. The number of para-hydroxylation sites is 1. The fourth-order valence-corrected chi connectivity index (χ4v) is 6.35. The Kier molecular flexibility index (Phi) is 3.45. The Hall–Kier alpha value is -2.64. The van der Waals surface area contributed by atoms with Crippen molar-refractivity contribution in [1.29, 1.82) is 0 Å². The summed E-state index contributed by atoms with van der Waals surface area (Å²) in [5.41, 5.74) is 0. The lowest BCUT2D eigenvalue weighted by Gasteiger charge is -2.22. The summed E-state index contributed by atoms with van der Waals surface area (Å²) in [4.78, 5) is -0.626. The third-order valence-corrected chi connectivity index (χ3v) is 7.73. The lowest BCUT2D eigenvalue weighted by molar-refractivity contribution is 0.438. The third-order valence-electron chi connectivity index (χ3n) is 3.91. The molecule has 0 amide bonds. The van der Waals surface area contributed by atoms with Gasteiger partial charge in [-0.15, -0.1) is 0 Å². The van der Waals surface area contributed by atoms with Crippen LogP contribution in [0.3, 0.4) is 0 Å². The normalized spacial score (nSPS) is 14.9. The SMILES string of the molecule is O=S(=O)(c1ccccc1)c1cccc2c1S(=O)(=O)c1ccccc1O2. The van der Waals surface area contributed by atoms with E-state index >= 15 is 0 Å². The number of sulfone groups is 2. The van der Waals surface area contributed by atoms with Crippen LogP contribution in [-0.2, 0) is 19.7 Å². The van der Waals surface area contributed by atoms with Crippen LogP contribution in [0.2, 0.25) is 0 Å². The molecule has 0 atom stereocenters. The maximum Gasteiger partial charge on any atom is 0.215 e. The average Bonchev–Trinajstić information content (AvgIpc) is 2.62. The van der Waals surface area contributed by atoms with Gasteiger partial charge in [0.15, 0.2) is 0 Å². The van der Waals surface area contributed by atoms with Crippen molar-refractivity contribution in [3.8, 4) is 11.5 Å². The molecule has 3 aromatic carbocycles. The molecule has 0 unspecified atom stereocenters. The zero-order valence-electron chi connectivity index (χ0n) is 12.8. The van der Waals surface area contributed by atoms with Crippen LogP contribution in [0.15, 0.2) is 92.4 Å². The Bertz CT molecular complexity index is 1180. The van der Waals surface area contributed by atoms with E-state index in [1.54, 1.807) is 30.3 Å². The quantitative estimate of drug-likeness (QED) is 0.538.